The lowest BCUT2D eigenvalue weighted by Crippen LogP contribution is -2.49. The molecule has 0 unspecified atom stereocenters. The lowest BCUT2D eigenvalue weighted by Gasteiger charge is -2.54. The first-order chi connectivity index (χ1) is 14.8. The largest absolute Gasteiger partial charge is 0.346 e. The number of rotatable bonds is 6. The Morgan fingerprint density at radius 1 is 1.03 bits per heavy atom. The molecule has 5 heteroatoms. The van der Waals surface area contributed by atoms with Crippen molar-refractivity contribution in [3.05, 3.63) is 99.5 Å². The van der Waals surface area contributed by atoms with Crippen molar-refractivity contribution in [3.63, 3.8) is 0 Å². The molecular weight excluding hydrogens is 386 g/mol. The smallest absolute Gasteiger partial charge is 0.276 e. The Balaban J connectivity index is 1.60. The zero-order valence-corrected chi connectivity index (χ0v) is 18.4. The van der Waals surface area contributed by atoms with E-state index in [2.05, 4.69) is 48.5 Å². The Morgan fingerprint density at radius 2 is 1.65 bits per heavy atom. The SMILES string of the molecule is Cc1cn(CC2(c3ccccc3)CC(C)(C)C2)nc(C(=O)NCc2ccccc2)c1=O. The number of hydrogen-bond acceptors (Lipinski definition) is 3. The van der Waals surface area contributed by atoms with Crippen LogP contribution in [0, 0.1) is 12.3 Å². The van der Waals surface area contributed by atoms with Gasteiger partial charge in [-0.3, -0.25) is 14.3 Å². The molecule has 1 heterocycles. The van der Waals surface area contributed by atoms with E-state index in [9.17, 15) is 9.59 Å². The van der Waals surface area contributed by atoms with E-state index in [0.29, 0.717) is 18.7 Å². The van der Waals surface area contributed by atoms with Gasteiger partial charge in [-0.1, -0.05) is 74.5 Å². The first-order valence-electron chi connectivity index (χ1n) is 10.7. The van der Waals surface area contributed by atoms with E-state index >= 15 is 0 Å². The van der Waals surface area contributed by atoms with Crippen molar-refractivity contribution in [2.24, 2.45) is 5.41 Å². The van der Waals surface area contributed by atoms with E-state index in [1.807, 2.05) is 36.4 Å². The molecule has 1 amide bonds. The average molecular weight is 416 g/mol. The summed E-state index contributed by atoms with van der Waals surface area (Å²) in [6.45, 7) is 7.30. The first kappa shape index (κ1) is 21.0. The third kappa shape index (κ3) is 4.46. The van der Waals surface area contributed by atoms with Crippen LogP contribution in [0.4, 0.5) is 0 Å². The molecule has 0 bridgehead atoms. The summed E-state index contributed by atoms with van der Waals surface area (Å²) in [5.74, 6) is -0.436. The number of nitrogens with zero attached hydrogens (tertiary/aromatic N) is 2. The summed E-state index contributed by atoms with van der Waals surface area (Å²) in [5, 5.41) is 7.31. The van der Waals surface area contributed by atoms with Crippen LogP contribution in [-0.4, -0.2) is 15.7 Å². The highest BCUT2D eigenvalue weighted by atomic mass is 16.2. The van der Waals surface area contributed by atoms with Gasteiger partial charge < -0.3 is 5.32 Å². The molecule has 5 nitrogen and oxygen atoms in total. The van der Waals surface area contributed by atoms with Crippen LogP contribution >= 0.6 is 0 Å². The van der Waals surface area contributed by atoms with Gasteiger partial charge in [-0.05, 0) is 36.3 Å². The summed E-state index contributed by atoms with van der Waals surface area (Å²) in [7, 11) is 0. The highest BCUT2D eigenvalue weighted by Gasteiger charge is 2.50. The monoisotopic (exact) mass is 415 g/mol. The van der Waals surface area contributed by atoms with Crippen molar-refractivity contribution in [1.82, 2.24) is 15.1 Å². The molecule has 0 radical (unpaired) electrons. The Labute approximate surface area is 183 Å². The number of aryl methyl sites for hydroxylation is 1. The number of carbonyl (C=O) groups excluding carboxylic acids is 1. The molecule has 0 atom stereocenters. The van der Waals surface area contributed by atoms with Crippen LogP contribution in [0.2, 0.25) is 0 Å². The van der Waals surface area contributed by atoms with Gasteiger partial charge in [0.1, 0.15) is 0 Å². The van der Waals surface area contributed by atoms with Crippen LogP contribution < -0.4 is 10.7 Å². The maximum Gasteiger partial charge on any atom is 0.276 e. The first-order valence-corrected chi connectivity index (χ1v) is 10.7. The number of carbonyl (C=O) groups is 1. The Hall–Kier alpha value is -3.21. The number of amides is 1. The maximum absolute atomic E-state index is 12.8. The molecule has 3 aromatic rings. The van der Waals surface area contributed by atoms with E-state index in [-0.39, 0.29) is 22.0 Å². The molecule has 0 saturated heterocycles. The predicted molar refractivity (Wildman–Crippen MR) is 122 cm³/mol. The summed E-state index contributed by atoms with van der Waals surface area (Å²) < 4.78 is 1.79. The zero-order valence-electron chi connectivity index (χ0n) is 18.4. The van der Waals surface area contributed by atoms with E-state index in [0.717, 1.165) is 18.4 Å². The van der Waals surface area contributed by atoms with Gasteiger partial charge in [0.05, 0.1) is 6.54 Å². The van der Waals surface area contributed by atoms with Gasteiger partial charge in [-0.2, -0.15) is 5.10 Å². The quantitative estimate of drug-likeness (QED) is 0.655. The Kier molecular flexibility index (Phi) is 5.52. The summed E-state index contributed by atoms with van der Waals surface area (Å²) in [5.41, 5.74) is 2.65. The molecule has 31 heavy (non-hydrogen) atoms. The van der Waals surface area contributed by atoms with Crippen molar-refractivity contribution in [2.75, 3.05) is 0 Å². The summed E-state index contributed by atoms with van der Waals surface area (Å²) >= 11 is 0. The number of aromatic nitrogens is 2. The molecule has 160 valence electrons. The second-order valence-electron chi connectivity index (χ2n) is 9.52. The van der Waals surface area contributed by atoms with Gasteiger partial charge in [0.2, 0.25) is 5.43 Å². The van der Waals surface area contributed by atoms with Crippen molar-refractivity contribution in [1.29, 1.82) is 0 Å². The minimum absolute atomic E-state index is 0.0438. The van der Waals surface area contributed by atoms with Crippen LogP contribution in [0.5, 0.6) is 0 Å². The van der Waals surface area contributed by atoms with Crippen LogP contribution in [0.3, 0.4) is 0 Å². The highest BCUT2D eigenvalue weighted by Crippen LogP contribution is 2.56. The molecule has 1 aliphatic carbocycles. The van der Waals surface area contributed by atoms with Crippen LogP contribution in [-0.2, 0) is 18.5 Å². The fourth-order valence-corrected chi connectivity index (χ4v) is 5.05. The average Bonchev–Trinajstić information content (AvgIpc) is 2.74. The van der Waals surface area contributed by atoms with Crippen molar-refractivity contribution < 1.29 is 4.79 Å². The second-order valence-corrected chi connectivity index (χ2v) is 9.52. The fraction of sp³-hybridized carbons (Fsp3) is 0.346. The van der Waals surface area contributed by atoms with E-state index in [4.69, 9.17) is 0 Å². The third-order valence-electron chi connectivity index (χ3n) is 6.14. The molecule has 4 rings (SSSR count). The number of nitrogens with one attached hydrogen (secondary N) is 1. The minimum Gasteiger partial charge on any atom is -0.346 e. The van der Waals surface area contributed by atoms with E-state index in [1.54, 1.807) is 17.8 Å². The molecule has 1 fully saturated rings. The van der Waals surface area contributed by atoms with E-state index < -0.39 is 5.91 Å². The maximum atomic E-state index is 12.8. The van der Waals surface area contributed by atoms with Gasteiger partial charge in [0.15, 0.2) is 5.69 Å². The highest BCUT2D eigenvalue weighted by molar-refractivity contribution is 5.92. The molecular formula is C26H29N3O2. The van der Waals surface area contributed by atoms with Crippen molar-refractivity contribution in [2.45, 2.75) is 52.1 Å². The lowest BCUT2D eigenvalue weighted by molar-refractivity contribution is 0.0389. The summed E-state index contributed by atoms with van der Waals surface area (Å²) in [6, 6.07) is 20.1. The second kappa shape index (κ2) is 8.14. The number of hydrogen-bond donors (Lipinski definition) is 1. The topological polar surface area (TPSA) is 64.0 Å². The van der Waals surface area contributed by atoms with Gasteiger partial charge in [-0.25, -0.2) is 0 Å². The van der Waals surface area contributed by atoms with Gasteiger partial charge >= 0.3 is 0 Å². The summed E-state index contributed by atoms with van der Waals surface area (Å²) in [4.78, 5) is 25.4. The van der Waals surface area contributed by atoms with Crippen LogP contribution in [0.1, 0.15) is 53.9 Å². The Morgan fingerprint density at radius 3 is 2.26 bits per heavy atom. The zero-order chi connectivity index (χ0) is 22.1. The van der Waals surface area contributed by atoms with Crippen molar-refractivity contribution in [3.8, 4) is 0 Å². The van der Waals surface area contributed by atoms with Gasteiger partial charge in [0.25, 0.3) is 5.91 Å². The molecule has 1 N–H and O–H groups in total. The van der Waals surface area contributed by atoms with Crippen LogP contribution in [0.15, 0.2) is 71.7 Å². The normalized spacial score (nSPS) is 16.4. The molecule has 1 aliphatic rings. The van der Waals surface area contributed by atoms with Gasteiger partial charge in [-0.15, -0.1) is 0 Å². The fourth-order valence-electron chi connectivity index (χ4n) is 5.05. The number of benzene rings is 2. The molecule has 1 aromatic heterocycles. The third-order valence-corrected chi connectivity index (χ3v) is 6.14. The summed E-state index contributed by atoms with van der Waals surface area (Å²) in [6.07, 6.45) is 3.84. The molecule has 2 aromatic carbocycles. The van der Waals surface area contributed by atoms with E-state index in [1.165, 1.54) is 5.56 Å². The standard InChI is InChI=1S/C26H29N3O2/c1-19-15-29(18-26(16-25(2,3)17-26)21-12-8-5-9-13-21)28-22(23(19)30)24(31)27-14-20-10-6-4-7-11-20/h4-13,15H,14,16-18H2,1-3H3,(H,27,31). The van der Waals surface area contributed by atoms with Gasteiger partial charge in [0, 0.05) is 23.7 Å². The van der Waals surface area contributed by atoms with Crippen molar-refractivity contribution >= 4 is 5.91 Å². The minimum atomic E-state index is -0.436. The molecule has 0 spiro atoms. The van der Waals surface area contributed by atoms with Crippen LogP contribution in [0.25, 0.3) is 0 Å². The molecule has 0 aliphatic heterocycles. The molecule has 1 saturated carbocycles. The lowest BCUT2D eigenvalue weighted by atomic mass is 9.52. The Bertz CT molecular complexity index is 1130. The predicted octanol–water partition coefficient (Wildman–Crippen LogP) is 4.24.